The Morgan fingerprint density at radius 1 is 1.13 bits per heavy atom. The smallest absolute Gasteiger partial charge is 0.198 e. The Kier molecular flexibility index (Phi) is 3.84. The summed E-state index contributed by atoms with van der Waals surface area (Å²) >= 11 is 3.39. The molecule has 0 spiro atoms. The van der Waals surface area contributed by atoms with E-state index >= 15 is 0 Å². The maximum Gasteiger partial charge on any atom is 0.198 e. The molecule has 0 radical (unpaired) electrons. The number of rotatable bonds is 3. The summed E-state index contributed by atoms with van der Waals surface area (Å²) in [4.78, 5) is 11.0. The molecule has 0 atom stereocenters. The number of halogens is 1. The molecule has 0 bridgehead atoms. The third-order valence-electron chi connectivity index (χ3n) is 3.74. The monoisotopic (exact) mass is 374 g/mol. The van der Waals surface area contributed by atoms with Gasteiger partial charge in [0.1, 0.15) is 10.9 Å². The Balaban J connectivity index is 1.57. The number of hydrogen-bond acceptors (Lipinski definition) is 6. The highest BCUT2D eigenvalue weighted by atomic mass is 79.9. The van der Waals surface area contributed by atoms with Gasteiger partial charge in [0, 0.05) is 24.5 Å². The van der Waals surface area contributed by atoms with Gasteiger partial charge in [-0.3, -0.25) is 0 Å². The van der Waals surface area contributed by atoms with E-state index in [9.17, 15) is 0 Å². The highest BCUT2D eigenvalue weighted by Gasteiger charge is 2.11. The molecule has 118 valence electrons. The fourth-order valence-corrected chi connectivity index (χ4v) is 2.97. The molecular formula is C15H15BrN6O. The van der Waals surface area contributed by atoms with Gasteiger partial charge in [0.25, 0.3) is 0 Å². The molecule has 23 heavy (non-hydrogen) atoms. The van der Waals surface area contributed by atoms with E-state index in [-0.39, 0.29) is 0 Å². The summed E-state index contributed by atoms with van der Waals surface area (Å²) in [6, 6.07) is 8.29. The van der Waals surface area contributed by atoms with Crippen molar-refractivity contribution in [1.29, 1.82) is 0 Å². The van der Waals surface area contributed by atoms with Gasteiger partial charge in [0.15, 0.2) is 11.5 Å². The van der Waals surface area contributed by atoms with Crippen molar-refractivity contribution >= 4 is 38.8 Å². The van der Waals surface area contributed by atoms with Gasteiger partial charge >= 0.3 is 0 Å². The van der Waals surface area contributed by atoms with E-state index in [4.69, 9.17) is 4.74 Å². The van der Waals surface area contributed by atoms with Crippen molar-refractivity contribution in [3.8, 4) is 0 Å². The number of anilines is 3. The molecule has 1 aliphatic rings. The number of benzene rings is 1. The minimum absolute atomic E-state index is 0.663. The van der Waals surface area contributed by atoms with Gasteiger partial charge < -0.3 is 15.0 Å². The van der Waals surface area contributed by atoms with Gasteiger partial charge in [0.05, 0.1) is 19.4 Å². The summed E-state index contributed by atoms with van der Waals surface area (Å²) in [5.74, 6) is 0.663. The average Bonchev–Trinajstić information content (AvgIpc) is 3.05. The van der Waals surface area contributed by atoms with Crippen LogP contribution in [0.5, 0.6) is 0 Å². The Bertz CT molecular complexity index is 812. The first-order chi connectivity index (χ1) is 11.3. The summed E-state index contributed by atoms with van der Waals surface area (Å²) in [5, 5.41) is 7.43. The summed E-state index contributed by atoms with van der Waals surface area (Å²) in [5.41, 5.74) is 2.84. The molecule has 7 nitrogen and oxygen atoms in total. The zero-order valence-electron chi connectivity index (χ0n) is 12.3. The fraction of sp³-hybridized carbons (Fsp3) is 0.267. The van der Waals surface area contributed by atoms with Crippen molar-refractivity contribution < 1.29 is 4.74 Å². The highest BCUT2D eigenvalue weighted by Crippen LogP contribution is 2.23. The second-order valence-electron chi connectivity index (χ2n) is 5.21. The minimum Gasteiger partial charge on any atom is -0.378 e. The molecule has 4 rings (SSSR count). The third-order valence-corrected chi connectivity index (χ3v) is 4.12. The number of fused-ring (bicyclic) bond motifs is 1. The molecular weight excluding hydrogens is 360 g/mol. The largest absolute Gasteiger partial charge is 0.378 e. The quantitative estimate of drug-likeness (QED) is 0.759. The van der Waals surface area contributed by atoms with E-state index < -0.39 is 0 Å². The zero-order chi connectivity index (χ0) is 15.6. The maximum absolute atomic E-state index is 5.39. The summed E-state index contributed by atoms with van der Waals surface area (Å²) in [6.07, 6.45) is 3.28. The molecule has 0 amide bonds. The van der Waals surface area contributed by atoms with Crippen LogP contribution in [-0.4, -0.2) is 45.9 Å². The van der Waals surface area contributed by atoms with Gasteiger partial charge in [-0.05, 0) is 40.2 Å². The molecule has 0 saturated carbocycles. The molecule has 3 heterocycles. The number of hydrogen-bond donors (Lipinski definition) is 1. The van der Waals surface area contributed by atoms with E-state index in [0.717, 1.165) is 32.0 Å². The van der Waals surface area contributed by atoms with E-state index in [0.29, 0.717) is 16.1 Å². The van der Waals surface area contributed by atoms with Crippen molar-refractivity contribution in [1.82, 2.24) is 19.6 Å². The van der Waals surface area contributed by atoms with E-state index in [1.807, 2.05) is 12.1 Å². The molecule has 1 saturated heterocycles. The second-order valence-corrected chi connectivity index (χ2v) is 6.02. The Morgan fingerprint density at radius 3 is 2.70 bits per heavy atom. The predicted octanol–water partition coefficient (Wildman–Crippen LogP) is 2.47. The van der Waals surface area contributed by atoms with E-state index in [1.54, 1.807) is 10.7 Å². The lowest BCUT2D eigenvalue weighted by atomic mass is 10.2. The van der Waals surface area contributed by atoms with Crippen LogP contribution in [0.1, 0.15) is 0 Å². The molecule has 1 aliphatic heterocycles. The van der Waals surface area contributed by atoms with Crippen LogP contribution >= 0.6 is 15.9 Å². The van der Waals surface area contributed by atoms with Crippen molar-refractivity contribution in [2.45, 2.75) is 0 Å². The number of nitrogens with one attached hydrogen (secondary N) is 1. The van der Waals surface area contributed by atoms with Crippen molar-refractivity contribution in [2.75, 3.05) is 36.5 Å². The molecule has 2 aromatic heterocycles. The number of morpholine rings is 1. The van der Waals surface area contributed by atoms with Crippen LogP contribution in [-0.2, 0) is 4.74 Å². The molecule has 1 fully saturated rings. The van der Waals surface area contributed by atoms with Gasteiger partial charge in [0.2, 0.25) is 0 Å². The van der Waals surface area contributed by atoms with Crippen LogP contribution in [0.2, 0.25) is 0 Å². The Hall–Kier alpha value is -2.19. The van der Waals surface area contributed by atoms with E-state index in [1.165, 1.54) is 12.0 Å². The summed E-state index contributed by atoms with van der Waals surface area (Å²) in [7, 11) is 0. The van der Waals surface area contributed by atoms with Crippen LogP contribution in [0.3, 0.4) is 0 Å². The minimum atomic E-state index is 0.663. The topological polar surface area (TPSA) is 67.6 Å². The average molecular weight is 375 g/mol. The first-order valence-corrected chi connectivity index (χ1v) is 8.14. The molecule has 1 N–H and O–H groups in total. The molecule has 0 unspecified atom stereocenters. The SMILES string of the molecule is Brc1cn2ncnc2c(Nc2ccc(N3CCOCC3)cc2)n1. The summed E-state index contributed by atoms with van der Waals surface area (Å²) < 4.78 is 7.77. The van der Waals surface area contributed by atoms with Crippen LogP contribution < -0.4 is 10.2 Å². The number of ether oxygens (including phenoxy) is 1. The van der Waals surface area contributed by atoms with Crippen LogP contribution in [0.25, 0.3) is 5.65 Å². The van der Waals surface area contributed by atoms with Crippen molar-refractivity contribution in [3.05, 3.63) is 41.4 Å². The number of aromatic nitrogens is 4. The molecule has 8 heteroatoms. The third kappa shape index (κ3) is 2.99. The zero-order valence-corrected chi connectivity index (χ0v) is 13.9. The molecule has 3 aromatic rings. The summed E-state index contributed by atoms with van der Waals surface area (Å²) in [6.45, 7) is 3.43. The Labute approximate surface area is 141 Å². The first kappa shape index (κ1) is 14.4. The van der Waals surface area contributed by atoms with Gasteiger partial charge in [-0.1, -0.05) is 0 Å². The molecule has 0 aliphatic carbocycles. The lowest BCUT2D eigenvalue weighted by Crippen LogP contribution is -2.36. The lowest BCUT2D eigenvalue weighted by molar-refractivity contribution is 0.122. The fourth-order valence-electron chi connectivity index (χ4n) is 2.60. The van der Waals surface area contributed by atoms with Crippen molar-refractivity contribution in [3.63, 3.8) is 0 Å². The second kappa shape index (κ2) is 6.13. The van der Waals surface area contributed by atoms with Crippen LogP contribution in [0.4, 0.5) is 17.2 Å². The normalized spacial score (nSPS) is 15.1. The van der Waals surface area contributed by atoms with Gasteiger partial charge in [-0.25, -0.2) is 14.5 Å². The predicted molar refractivity (Wildman–Crippen MR) is 91.2 cm³/mol. The van der Waals surface area contributed by atoms with Gasteiger partial charge in [-0.15, -0.1) is 0 Å². The standard InChI is InChI=1S/C15H15BrN6O/c16-13-9-22-15(17-10-18-22)14(20-13)19-11-1-3-12(4-2-11)21-5-7-23-8-6-21/h1-4,9-10H,5-8H2,(H,19,20). The highest BCUT2D eigenvalue weighted by molar-refractivity contribution is 9.10. The maximum atomic E-state index is 5.39. The molecule has 1 aromatic carbocycles. The lowest BCUT2D eigenvalue weighted by Gasteiger charge is -2.28. The number of nitrogens with zero attached hydrogens (tertiary/aromatic N) is 5. The van der Waals surface area contributed by atoms with E-state index in [2.05, 4.69) is 53.3 Å². The van der Waals surface area contributed by atoms with Crippen molar-refractivity contribution in [2.24, 2.45) is 0 Å². The van der Waals surface area contributed by atoms with Crippen LogP contribution in [0, 0.1) is 0 Å². The Morgan fingerprint density at radius 2 is 1.91 bits per heavy atom. The van der Waals surface area contributed by atoms with Crippen LogP contribution in [0.15, 0.2) is 41.4 Å². The van der Waals surface area contributed by atoms with Gasteiger partial charge in [-0.2, -0.15) is 5.10 Å². The first-order valence-electron chi connectivity index (χ1n) is 7.35.